The molecule has 5 aliphatic carbocycles. The smallest absolute Gasteiger partial charge is 0.142 e. The number of nitrogens with one attached hydrogen (secondary N) is 2. The van der Waals surface area contributed by atoms with Crippen molar-refractivity contribution in [3.05, 3.63) is 304 Å². The predicted molar refractivity (Wildman–Crippen MR) is 610 cm³/mol. The van der Waals surface area contributed by atoms with Crippen molar-refractivity contribution in [3.8, 4) is 0 Å². The number of aryl methyl sites for hydroxylation is 5. The van der Waals surface area contributed by atoms with E-state index >= 15 is 0 Å². The summed E-state index contributed by atoms with van der Waals surface area (Å²) in [4.78, 5) is 88.6. The van der Waals surface area contributed by atoms with Crippen molar-refractivity contribution in [2.45, 2.75) is 275 Å². The normalized spacial score (nSPS) is 20.0. The molecule has 25 heteroatoms. The Morgan fingerprint density at radius 1 is 0.287 bits per heavy atom. The monoisotopic (exact) mass is 2040 g/mol. The maximum absolute atomic E-state index is 4.95. The average Bonchev–Trinajstić information content (AvgIpc) is 1.00. The molecule has 15 heterocycles. The molecule has 792 valence electrons. The lowest BCUT2D eigenvalue weighted by Crippen LogP contribution is -2.46. The van der Waals surface area contributed by atoms with Gasteiger partial charge in [-0.2, -0.15) is 0 Å². The van der Waals surface area contributed by atoms with Gasteiger partial charge in [-0.1, -0.05) is 124 Å². The molecule has 4 aromatic carbocycles. The van der Waals surface area contributed by atoms with Crippen LogP contribution in [0.25, 0.3) is 43.1 Å². The second kappa shape index (κ2) is 55.9. The first-order valence-corrected chi connectivity index (χ1v) is 59.2. The number of rotatable bonds is 36. The van der Waals surface area contributed by atoms with Gasteiger partial charge in [0.2, 0.25) is 0 Å². The van der Waals surface area contributed by atoms with Gasteiger partial charge in [0.1, 0.15) is 22.5 Å². The Bertz CT molecular complexity index is 6140. The minimum Gasteiger partial charge on any atom is -0.341 e. The van der Waals surface area contributed by atoms with Crippen molar-refractivity contribution in [2.24, 2.45) is 0 Å². The van der Waals surface area contributed by atoms with E-state index in [0.717, 1.165) is 136 Å². The Labute approximate surface area is 897 Å². The van der Waals surface area contributed by atoms with E-state index < -0.39 is 0 Å². The van der Waals surface area contributed by atoms with Gasteiger partial charge in [-0.05, 0) is 383 Å². The van der Waals surface area contributed by atoms with E-state index in [1.54, 1.807) is 0 Å². The number of piperazine rings is 1. The Kier molecular flexibility index (Phi) is 39.7. The first-order valence-electron chi connectivity index (χ1n) is 58.3. The number of likely N-dealkylation sites (tertiary alicyclic amines) is 4. The van der Waals surface area contributed by atoms with Gasteiger partial charge >= 0.3 is 0 Å². The lowest BCUT2D eigenvalue weighted by molar-refractivity contribution is 0.118. The number of fused-ring (bicyclic) bond motifs is 9. The van der Waals surface area contributed by atoms with E-state index in [1.165, 1.54) is 380 Å². The molecule has 14 aromatic rings. The number of nitrogens with zero attached hydrogens (tertiary/aromatic N) is 22. The summed E-state index contributed by atoms with van der Waals surface area (Å²) in [5, 5.41) is 3.73. The van der Waals surface area contributed by atoms with Crippen LogP contribution in [0.2, 0.25) is 0 Å². The highest BCUT2D eigenvalue weighted by atomic mass is 32.1. The maximum atomic E-state index is 4.95. The van der Waals surface area contributed by atoms with Crippen molar-refractivity contribution in [2.75, 3.05) is 151 Å². The van der Waals surface area contributed by atoms with E-state index in [4.69, 9.17) is 44.9 Å². The molecule has 24 nitrogen and oxygen atoms in total. The third kappa shape index (κ3) is 29.7. The molecule has 5 aliphatic heterocycles. The van der Waals surface area contributed by atoms with Gasteiger partial charge in [-0.3, -0.25) is 54.4 Å². The van der Waals surface area contributed by atoms with E-state index in [9.17, 15) is 0 Å². The Morgan fingerprint density at radius 3 is 0.993 bits per heavy atom. The number of pyridine rings is 6. The van der Waals surface area contributed by atoms with Crippen molar-refractivity contribution in [1.82, 2.24) is 119 Å². The second-order valence-corrected chi connectivity index (χ2v) is 45.1. The molecule has 5 fully saturated rings. The molecule has 10 aromatic heterocycles. The molecule has 0 amide bonds. The van der Waals surface area contributed by atoms with Gasteiger partial charge in [0, 0.05) is 120 Å². The zero-order chi connectivity index (χ0) is 101. The minimum atomic E-state index is 0.380. The van der Waals surface area contributed by atoms with E-state index in [1.807, 2.05) is 67.0 Å². The minimum absolute atomic E-state index is 0.380. The number of hydrogen-bond donors (Lipinski definition) is 2. The number of hydrogen-bond acceptors (Lipinski definition) is 23. The topological polar surface area (TPSA) is 209 Å². The summed E-state index contributed by atoms with van der Waals surface area (Å²) in [6.07, 6.45) is 56.1. The van der Waals surface area contributed by atoms with Crippen LogP contribution >= 0.6 is 11.3 Å². The van der Waals surface area contributed by atoms with Crippen molar-refractivity contribution < 1.29 is 0 Å². The van der Waals surface area contributed by atoms with Crippen LogP contribution in [0.3, 0.4) is 0 Å². The van der Waals surface area contributed by atoms with Crippen LogP contribution in [0.5, 0.6) is 0 Å². The molecule has 5 atom stereocenters. The summed E-state index contributed by atoms with van der Waals surface area (Å²) >= 11 is 1.85. The molecular formula is C125H166N24S. The molecule has 0 spiro atoms. The Balaban J connectivity index is 0.000000113. The molecular weight excluding hydrogens is 1870 g/mol. The molecule has 0 bridgehead atoms. The number of benzene rings is 4. The predicted octanol–water partition coefficient (Wildman–Crippen LogP) is 23.0. The van der Waals surface area contributed by atoms with E-state index in [-0.39, 0.29) is 0 Å². The zero-order valence-corrected chi connectivity index (χ0v) is 90.7. The fraction of sp³-hybridized carbons (Fsp3) is 0.528. The van der Waals surface area contributed by atoms with Crippen LogP contribution in [0.4, 0.5) is 0 Å². The molecule has 24 rings (SSSR count). The lowest BCUT2D eigenvalue weighted by Gasteiger charge is -2.36. The molecule has 0 radical (unpaired) electrons. The fourth-order valence-electron chi connectivity index (χ4n) is 25.7. The fourth-order valence-corrected chi connectivity index (χ4v) is 26.7. The average molecular weight is 2040 g/mol. The van der Waals surface area contributed by atoms with Crippen molar-refractivity contribution in [3.63, 3.8) is 0 Å². The molecule has 0 unspecified atom stereocenters. The van der Waals surface area contributed by atoms with Crippen LogP contribution in [0.15, 0.2) is 219 Å². The second-order valence-electron chi connectivity index (χ2n) is 43.9. The molecule has 5 saturated heterocycles. The zero-order valence-electron chi connectivity index (χ0n) is 89.8. The Morgan fingerprint density at radius 2 is 0.613 bits per heavy atom. The van der Waals surface area contributed by atoms with Crippen LogP contribution in [-0.2, 0) is 64.8 Å². The number of piperidine rings is 4. The quantitative estimate of drug-likeness (QED) is 0.0374. The van der Waals surface area contributed by atoms with Gasteiger partial charge in [0.15, 0.2) is 0 Å². The van der Waals surface area contributed by atoms with Gasteiger partial charge < -0.3 is 39.4 Å². The van der Waals surface area contributed by atoms with Crippen LogP contribution < -0.4 is 0 Å². The molecule has 0 saturated carbocycles. The SMILES string of the molecule is CCN1CCN(CCCN(Cc2nc3ccccc3[nH]2)[C@H]2CCCc3cccnc32)CC1.c1cnc(CN(CCCN2CCCCC2)[C@H]2CCCc3cccnc32)nc1.c1cnc2c(c1)CCC[C@@H]2N(CCCN1CCCCC1)Cc1cc2ccccc2cn1.c1cnc2c(c1)CCC[C@@H]2N(CCCN1CCCCC1)Cc1nc2ccccc2[nH]1.c1cnc2c(c1)CCC[C@@H]2N(CCCN1CCCCC1)Cc1nc2ccccc2s1. The molecule has 2 N–H and O–H groups in total. The summed E-state index contributed by atoms with van der Waals surface area (Å²) in [5.74, 6) is 3.04. The standard InChI is InChI=1S/C27H34N4.C26H36N6.C25H33N5.C25H32N4S.C22H31N5/c1-4-15-30(16-5-1)17-8-18-31(26-13-6-11-22-12-7-14-28-27(22)26)21-25-19-23-9-2-3-10-24(23)20-29-25;1-2-30-16-18-31(19-17-30)14-7-15-32(20-25-28-22-10-3-4-11-23(22)29-25)24-12-5-8-21-9-6-13-27-26(21)24;1-4-15-29(16-5-1)17-8-18-30(19-24-27-21-11-2-3-12-22(21)28-24)23-13-6-9-20-10-7-14-26-25(20)23;1-4-15-28(16-5-1)17-8-18-29(19-24-27-21-11-2-3-13-23(21)30-24)22-12-6-9-20-10-7-14-26-25(20)22;1-2-14-26(15-3-1)16-7-17-27(18-21-23-12-6-13-24-21)20-10-4-8-19-9-5-11-25-22(19)20/h2-3,7,9-10,12,14,19-20,26H,1,4-6,8,11,13,15-18,21H2;3-4,6,9-11,13,24H,2,5,7-8,12,14-20H2,1H3,(H,28,29);2-3,7,10-12,14,23H,1,4-6,8-9,13,15-19H2,(H,27,28);2-3,7,10-11,13-14,22H,1,4-6,8-9,12,15-19H2;5-6,9,11-13,20H,1-4,7-8,10,14-18H2/t26-;24-;23-;22-;20-/m00000/s1. The third-order valence-electron chi connectivity index (χ3n) is 33.6. The largest absolute Gasteiger partial charge is 0.341 e. The number of aromatic nitrogens is 13. The number of H-pyrrole nitrogens is 2. The van der Waals surface area contributed by atoms with Crippen molar-refractivity contribution >= 4 is 54.4 Å². The molecule has 10 aliphatic rings. The van der Waals surface area contributed by atoms with Crippen LogP contribution in [0.1, 0.15) is 295 Å². The molecule has 150 heavy (non-hydrogen) atoms. The summed E-state index contributed by atoms with van der Waals surface area (Å²) in [6.45, 7) is 34.3. The van der Waals surface area contributed by atoms with E-state index in [2.05, 4.69) is 245 Å². The third-order valence-corrected chi connectivity index (χ3v) is 34.6. The van der Waals surface area contributed by atoms with Crippen molar-refractivity contribution in [1.29, 1.82) is 0 Å². The van der Waals surface area contributed by atoms with E-state index in [0.29, 0.717) is 30.2 Å². The summed E-state index contributed by atoms with van der Waals surface area (Å²) in [7, 11) is 0. The highest BCUT2D eigenvalue weighted by Crippen LogP contribution is 2.41. The summed E-state index contributed by atoms with van der Waals surface area (Å²) in [6, 6.07) is 61.6. The highest BCUT2D eigenvalue weighted by Gasteiger charge is 2.36. The Hall–Kier alpha value is -10.5. The number of para-hydroxylation sites is 5. The van der Waals surface area contributed by atoms with Gasteiger partial charge in [0.25, 0.3) is 0 Å². The number of likely N-dealkylation sites (N-methyl/N-ethyl adjacent to an activating group) is 1. The van der Waals surface area contributed by atoms with Gasteiger partial charge in [-0.15, -0.1) is 11.3 Å². The first kappa shape index (κ1) is 107. The number of aromatic amines is 2. The van der Waals surface area contributed by atoms with Gasteiger partial charge in [0.05, 0.1) is 123 Å². The summed E-state index contributed by atoms with van der Waals surface area (Å²) < 4.78 is 1.29. The maximum Gasteiger partial charge on any atom is 0.142 e. The first-order chi connectivity index (χ1) is 74.3. The van der Waals surface area contributed by atoms with Crippen LogP contribution in [0, 0.1) is 0 Å². The lowest BCUT2D eigenvalue weighted by atomic mass is 9.90. The van der Waals surface area contributed by atoms with Crippen LogP contribution in [-0.4, -0.2) is 269 Å². The highest BCUT2D eigenvalue weighted by molar-refractivity contribution is 7.18. The number of imidazole rings is 2. The number of thiazole rings is 1. The van der Waals surface area contributed by atoms with Gasteiger partial charge in [-0.25, -0.2) is 24.9 Å². The summed E-state index contributed by atoms with van der Waals surface area (Å²) in [5.41, 5.74) is 20.3.